The number of halogens is 4. The SMILES string of the molecule is Cc1ccc(NC(=O)c2ccc(CC(=N)C[C@H](C)N3CCCC3)c(C(F)(F)F)c2)cc1Nc1nccc(-c2cncnc2)n1.Cl. The van der Waals surface area contributed by atoms with E-state index in [0.29, 0.717) is 35.0 Å². The van der Waals surface area contributed by atoms with Gasteiger partial charge in [0, 0.05) is 65.7 Å². The third-order valence-corrected chi connectivity index (χ3v) is 7.64. The van der Waals surface area contributed by atoms with Gasteiger partial charge in [0.2, 0.25) is 5.95 Å². The van der Waals surface area contributed by atoms with Crippen molar-refractivity contribution in [2.45, 2.75) is 51.7 Å². The fraction of sp³-hybridized carbons (Fsp3) is 0.312. The largest absolute Gasteiger partial charge is 0.416 e. The lowest BCUT2D eigenvalue weighted by molar-refractivity contribution is -0.138. The lowest BCUT2D eigenvalue weighted by Crippen LogP contribution is -2.32. The van der Waals surface area contributed by atoms with Crippen LogP contribution in [-0.4, -0.2) is 55.6 Å². The first kappa shape index (κ1) is 33.5. The molecule has 2 aromatic heterocycles. The van der Waals surface area contributed by atoms with Crippen LogP contribution in [0.25, 0.3) is 11.3 Å². The van der Waals surface area contributed by atoms with Crippen LogP contribution in [0.5, 0.6) is 0 Å². The van der Waals surface area contributed by atoms with Crippen LogP contribution >= 0.6 is 12.4 Å². The highest BCUT2D eigenvalue weighted by atomic mass is 35.5. The Morgan fingerprint density at radius 3 is 2.51 bits per heavy atom. The standard InChI is InChI=1S/C32H33F3N8O.ClH/c1-20-5-8-26(16-29(20)42-31-39-10-9-28(41-31)24-17-37-19-38-18-24)40-30(44)23-7-6-22(27(15-23)32(33,34)35)14-25(36)13-21(2)43-11-3-4-12-43;/h5-10,15-19,21,36H,3-4,11-14H2,1-2H3,(H,40,44)(H,39,41,42);1H/t21-;/m0./s1. The first-order valence-electron chi connectivity index (χ1n) is 14.3. The molecule has 0 unspecified atom stereocenters. The highest BCUT2D eigenvalue weighted by Crippen LogP contribution is 2.34. The van der Waals surface area contributed by atoms with Crippen LogP contribution in [0.1, 0.15) is 53.2 Å². The minimum atomic E-state index is -4.67. The van der Waals surface area contributed by atoms with Crippen LogP contribution in [0.3, 0.4) is 0 Å². The zero-order chi connectivity index (χ0) is 31.3. The lowest BCUT2D eigenvalue weighted by Gasteiger charge is -2.24. The number of hydrogen-bond acceptors (Lipinski definition) is 8. The van der Waals surface area contributed by atoms with Gasteiger partial charge in [-0.3, -0.25) is 4.79 Å². The van der Waals surface area contributed by atoms with E-state index in [1.807, 2.05) is 13.8 Å². The summed E-state index contributed by atoms with van der Waals surface area (Å²) in [5.41, 5.74) is 2.34. The van der Waals surface area contributed by atoms with Crippen molar-refractivity contribution >= 4 is 41.3 Å². The van der Waals surface area contributed by atoms with E-state index in [1.54, 1.807) is 42.9 Å². The summed E-state index contributed by atoms with van der Waals surface area (Å²) in [6.45, 7) is 5.78. The van der Waals surface area contributed by atoms with E-state index in [1.165, 1.54) is 18.5 Å². The summed E-state index contributed by atoms with van der Waals surface area (Å²) in [5, 5.41) is 14.2. The second-order valence-corrected chi connectivity index (χ2v) is 10.9. The molecule has 4 aromatic rings. The minimum absolute atomic E-state index is 0. The lowest BCUT2D eigenvalue weighted by atomic mass is 9.96. The van der Waals surface area contributed by atoms with Crippen molar-refractivity contribution in [1.29, 1.82) is 5.41 Å². The van der Waals surface area contributed by atoms with Crippen LogP contribution < -0.4 is 10.6 Å². The van der Waals surface area contributed by atoms with Crippen molar-refractivity contribution in [2.24, 2.45) is 0 Å². The van der Waals surface area contributed by atoms with Crippen molar-refractivity contribution < 1.29 is 18.0 Å². The number of carbonyl (C=O) groups excluding carboxylic acids is 1. The van der Waals surface area contributed by atoms with E-state index in [9.17, 15) is 18.0 Å². The Balaban J connectivity index is 0.00000461. The predicted molar refractivity (Wildman–Crippen MR) is 170 cm³/mol. The smallest absolute Gasteiger partial charge is 0.324 e. The molecule has 1 aliphatic rings. The summed E-state index contributed by atoms with van der Waals surface area (Å²) in [4.78, 5) is 32.1. The Hall–Kier alpha value is -4.42. The second-order valence-electron chi connectivity index (χ2n) is 10.9. The van der Waals surface area contributed by atoms with Crippen LogP contribution in [0.4, 0.5) is 30.5 Å². The molecule has 0 bridgehead atoms. The molecule has 1 amide bonds. The van der Waals surface area contributed by atoms with Gasteiger partial charge in [-0.15, -0.1) is 12.4 Å². The van der Waals surface area contributed by atoms with Crippen LogP contribution in [0.2, 0.25) is 0 Å². The fourth-order valence-electron chi connectivity index (χ4n) is 5.28. The zero-order valence-corrected chi connectivity index (χ0v) is 25.7. The van der Waals surface area contributed by atoms with Gasteiger partial charge in [-0.1, -0.05) is 12.1 Å². The van der Waals surface area contributed by atoms with Crippen molar-refractivity contribution in [3.63, 3.8) is 0 Å². The molecule has 13 heteroatoms. The number of anilines is 3. The Bertz CT molecular complexity index is 1650. The van der Waals surface area contributed by atoms with Gasteiger partial charge in [0.05, 0.1) is 11.3 Å². The van der Waals surface area contributed by atoms with Gasteiger partial charge in [0.1, 0.15) is 6.33 Å². The van der Waals surface area contributed by atoms with Gasteiger partial charge in [0.15, 0.2) is 0 Å². The van der Waals surface area contributed by atoms with Crippen LogP contribution in [-0.2, 0) is 12.6 Å². The molecule has 45 heavy (non-hydrogen) atoms. The number of benzene rings is 2. The Morgan fingerprint density at radius 2 is 1.80 bits per heavy atom. The van der Waals surface area contributed by atoms with Gasteiger partial charge in [-0.25, -0.2) is 19.9 Å². The number of hydrogen-bond donors (Lipinski definition) is 3. The molecule has 3 heterocycles. The van der Waals surface area contributed by atoms with E-state index in [0.717, 1.165) is 37.6 Å². The van der Waals surface area contributed by atoms with Crippen molar-refractivity contribution in [3.05, 3.63) is 89.6 Å². The summed E-state index contributed by atoms with van der Waals surface area (Å²) < 4.78 is 42.2. The van der Waals surface area contributed by atoms with E-state index in [2.05, 4.69) is 35.5 Å². The number of alkyl halides is 3. The number of aromatic nitrogens is 4. The van der Waals surface area contributed by atoms with Crippen molar-refractivity contribution in [3.8, 4) is 11.3 Å². The normalized spacial score (nSPS) is 14.0. The zero-order valence-electron chi connectivity index (χ0n) is 24.9. The maximum atomic E-state index is 14.1. The number of likely N-dealkylation sites (tertiary alicyclic amines) is 1. The molecule has 1 saturated heterocycles. The number of rotatable bonds is 10. The van der Waals surface area contributed by atoms with Crippen LogP contribution in [0.15, 0.2) is 67.4 Å². The summed E-state index contributed by atoms with van der Waals surface area (Å²) in [7, 11) is 0. The third-order valence-electron chi connectivity index (χ3n) is 7.64. The fourth-order valence-corrected chi connectivity index (χ4v) is 5.28. The van der Waals surface area contributed by atoms with Gasteiger partial charge in [-0.2, -0.15) is 13.2 Å². The Kier molecular flexibility index (Phi) is 10.8. The quantitative estimate of drug-likeness (QED) is 0.158. The summed E-state index contributed by atoms with van der Waals surface area (Å²) in [6.07, 6.45) is 4.11. The van der Waals surface area contributed by atoms with Crippen molar-refractivity contribution in [1.82, 2.24) is 24.8 Å². The van der Waals surface area contributed by atoms with E-state index < -0.39 is 17.6 Å². The molecule has 2 aromatic carbocycles. The van der Waals surface area contributed by atoms with Crippen LogP contribution in [0, 0.1) is 12.3 Å². The second kappa shape index (κ2) is 14.6. The number of aryl methyl sites for hydroxylation is 1. The number of nitrogens with one attached hydrogen (secondary N) is 3. The molecule has 9 nitrogen and oxygen atoms in total. The molecule has 5 rings (SSSR count). The molecule has 1 aliphatic heterocycles. The van der Waals surface area contributed by atoms with Gasteiger partial charge < -0.3 is 20.9 Å². The molecule has 0 spiro atoms. The maximum Gasteiger partial charge on any atom is 0.416 e. The minimum Gasteiger partial charge on any atom is -0.324 e. The van der Waals surface area contributed by atoms with Crippen molar-refractivity contribution in [2.75, 3.05) is 23.7 Å². The highest BCUT2D eigenvalue weighted by molar-refractivity contribution is 6.04. The van der Waals surface area contributed by atoms with Gasteiger partial charge >= 0.3 is 6.18 Å². The summed E-state index contributed by atoms with van der Waals surface area (Å²) >= 11 is 0. The van der Waals surface area contributed by atoms with Gasteiger partial charge in [-0.05, 0) is 81.2 Å². The monoisotopic (exact) mass is 638 g/mol. The molecule has 1 atom stereocenters. The average Bonchev–Trinajstić information content (AvgIpc) is 3.55. The van der Waals surface area contributed by atoms with E-state index in [4.69, 9.17) is 5.41 Å². The molecular weight excluding hydrogens is 605 g/mol. The number of amides is 1. The molecule has 0 saturated carbocycles. The number of carbonyl (C=O) groups is 1. The molecule has 0 aliphatic carbocycles. The molecule has 3 N–H and O–H groups in total. The first-order chi connectivity index (χ1) is 21.1. The Morgan fingerprint density at radius 1 is 1.07 bits per heavy atom. The van der Waals surface area contributed by atoms with Gasteiger partial charge in [0.25, 0.3) is 5.91 Å². The Labute approximate surface area is 265 Å². The summed E-state index contributed by atoms with van der Waals surface area (Å²) in [5.74, 6) is -0.374. The van der Waals surface area contributed by atoms with E-state index >= 15 is 0 Å². The third kappa shape index (κ3) is 8.61. The number of nitrogens with zero attached hydrogens (tertiary/aromatic N) is 5. The highest BCUT2D eigenvalue weighted by Gasteiger charge is 2.34. The first-order valence-corrected chi connectivity index (χ1v) is 14.3. The predicted octanol–water partition coefficient (Wildman–Crippen LogP) is 7.12. The molecular formula is C32H34ClF3N8O. The van der Waals surface area contributed by atoms with E-state index in [-0.39, 0.29) is 41.7 Å². The topological polar surface area (TPSA) is 120 Å². The summed E-state index contributed by atoms with van der Waals surface area (Å²) in [6, 6.07) is 10.5. The maximum absolute atomic E-state index is 14.1. The molecule has 1 fully saturated rings. The molecule has 0 radical (unpaired) electrons. The average molecular weight is 639 g/mol. The molecule has 236 valence electrons.